The predicted molar refractivity (Wildman–Crippen MR) is 74.4 cm³/mol. The number of hydrogen-bond donors (Lipinski definition) is 0. The fourth-order valence-corrected chi connectivity index (χ4v) is 1.65. The lowest BCUT2D eigenvalue weighted by atomic mass is 10.1. The lowest BCUT2D eigenvalue weighted by molar-refractivity contribution is 0.0759. The van der Waals surface area contributed by atoms with E-state index in [2.05, 4.69) is 0 Å². The summed E-state index contributed by atoms with van der Waals surface area (Å²) in [7, 11) is 0. The first kappa shape index (κ1) is 16.6. The third-order valence-corrected chi connectivity index (χ3v) is 2.51. The Morgan fingerprint density at radius 2 is 1.89 bits per heavy atom. The summed E-state index contributed by atoms with van der Waals surface area (Å²) in [5.74, 6) is -0.657. The minimum atomic E-state index is -0.440. The molecule has 0 atom stereocenters. The molecule has 0 aliphatic carbocycles. The van der Waals surface area contributed by atoms with Gasteiger partial charge in [-0.25, -0.2) is 4.39 Å². The lowest BCUT2D eigenvalue weighted by Gasteiger charge is -2.20. The number of carbonyl (C=O) groups excluding carboxylic acids is 1. The summed E-state index contributed by atoms with van der Waals surface area (Å²) in [6.45, 7) is 11.0. The Balaban J connectivity index is 0.00000137. The summed E-state index contributed by atoms with van der Waals surface area (Å²) in [4.78, 5) is 13.7. The van der Waals surface area contributed by atoms with E-state index in [0.29, 0.717) is 13.1 Å². The van der Waals surface area contributed by atoms with Gasteiger partial charge >= 0.3 is 0 Å². The molecule has 2 nitrogen and oxygen atoms in total. The van der Waals surface area contributed by atoms with Gasteiger partial charge in [0.25, 0.3) is 5.91 Å². The van der Waals surface area contributed by atoms with Crippen LogP contribution in [0.2, 0.25) is 0 Å². The second-order valence-corrected chi connectivity index (χ2v) is 3.87. The summed E-state index contributed by atoms with van der Waals surface area (Å²) < 4.78 is 13.5. The van der Waals surface area contributed by atoms with Crippen molar-refractivity contribution in [2.45, 2.75) is 41.0 Å². The minimum absolute atomic E-state index is 0.176. The summed E-state index contributed by atoms with van der Waals surface area (Å²) in [6.07, 6.45) is 0.882. The first-order valence-electron chi connectivity index (χ1n) is 6.65. The van der Waals surface area contributed by atoms with Crippen LogP contribution in [-0.2, 0) is 0 Å². The van der Waals surface area contributed by atoms with Crippen molar-refractivity contribution in [3.05, 3.63) is 35.1 Å². The lowest BCUT2D eigenvalue weighted by Crippen LogP contribution is -2.32. The van der Waals surface area contributed by atoms with Crippen molar-refractivity contribution in [1.29, 1.82) is 0 Å². The molecule has 0 saturated carbocycles. The summed E-state index contributed by atoms with van der Waals surface area (Å²) in [5, 5.41) is 0. The van der Waals surface area contributed by atoms with Crippen LogP contribution in [0.5, 0.6) is 0 Å². The quantitative estimate of drug-likeness (QED) is 0.793. The highest BCUT2D eigenvalue weighted by molar-refractivity contribution is 5.94. The van der Waals surface area contributed by atoms with Crippen LogP contribution < -0.4 is 0 Å². The molecule has 0 aromatic heterocycles. The van der Waals surface area contributed by atoms with Crippen LogP contribution in [0, 0.1) is 12.7 Å². The van der Waals surface area contributed by atoms with Crippen molar-refractivity contribution in [1.82, 2.24) is 4.90 Å². The second kappa shape index (κ2) is 8.67. The number of nitrogens with zero attached hydrogens (tertiary/aromatic N) is 1. The van der Waals surface area contributed by atoms with Crippen LogP contribution in [0.3, 0.4) is 0 Å². The van der Waals surface area contributed by atoms with Gasteiger partial charge in [-0.1, -0.05) is 32.4 Å². The van der Waals surface area contributed by atoms with E-state index in [1.54, 1.807) is 17.0 Å². The molecular formula is C15H24FNO. The summed E-state index contributed by atoms with van der Waals surface area (Å²) >= 11 is 0. The van der Waals surface area contributed by atoms with Crippen LogP contribution in [0.4, 0.5) is 4.39 Å². The van der Waals surface area contributed by atoms with Gasteiger partial charge in [-0.3, -0.25) is 4.79 Å². The molecule has 0 bridgehead atoms. The van der Waals surface area contributed by atoms with Gasteiger partial charge in [0, 0.05) is 13.1 Å². The number of halogens is 1. The number of aryl methyl sites for hydroxylation is 1. The molecule has 0 saturated heterocycles. The van der Waals surface area contributed by atoms with Gasteiger partial charge in [0.2, 0.25) is 0 Å². The maximum atomic E-state index is 13.5. The fraction of sp³-hybridized carbons (Fsp3) is 0.533. The van der Waals surface area contributed by atoms with Crippen molar-refractivity contribution in [3.8, 4) is 0 Å². The molecule has 1 aromatic rings. The van der Waals surface area contributed by atoms with Gasteiger partial charge in [0.1, 0.15) is 5.82 Å². The van der Waals surface area contributed by atoms with E-state index in [4.69, 9.17) is 0 Å². The number of benzene rings is 1. The molecule has 0 spiro atoms. The largest absolute Gasteiger partial charge is 0.339 e. The monoisotopic (exact) mass is 253 g/mol. The van der Waals surface area contributed by atoms with Crippen molar-refractivity contribution in [2.24, 2.45) is 0 Å². The average molecular weight is 253 g/mol. The van der Waals surface area contributed by atoms with E-state index >= 15 is 0 Å². The smallest absolute Gasteiger partial charge is 0.256 e. The molecule has 0 aliphatic rings. The second-order valence-electron chi connectivity index (χ2n) is 3.87. The van der Waals surface area contributed by atoms with E-state index in [1.165, 1.54) is 6.07 Å². The highest BCUT2D eigenvalue weighted by Crippen LogP contribution is 2.13. The molecule has 3 heteroatoms. The first-order valence-corrected chi connectivity index (χ1v) is 6.65. The Morgan fingerprint density at radius 3 is 2.39 bits per heavy atom. The van der Waals surface area contributed by atoms with E-state index in [0.717, 1.165) is 12.0 Å². The molecule has 0 N–H and O–H groups in total. The Hall–Kier alpha value is -1.38. The van der Waals surface area contributed by atoms with Crippen LogP contribution in [-0.4, -0.2) is 23.9 Å². The maximum absolute atomic E-state index is 13.5. The molecule has 1 amide bonds. The van der Waals surface area contributed by atoms with Gasteiger partial charge in [-0.2, -0.15) is 0 Å². The number of hydrogen-bond acceptors (Lipinski definition) is 1. The minimum Gasteiger partial charge on any atom is -0.339 e. The van der Waals surface area contributed by atoms with Gasteiger partial charge in [0.15, 0.2) is 0 Å². The highest BCUT2D eigenvalue weighted by Gasteiger charge is 2.17. The third-order valence-electron chi connectivity index (χ3n) is 2.51. The predicted octanol–water partition coefficient (Wildman–Crippen LogP) is 4.03. The zero-order valence-corrected chi connectivity index (χ0v) is 12.1. The molecule has 0 heterocycles. The van der Waals surface area contributed by atoms with E-state index in [-0.39, 0.29) is 11.5 Å². The molecule has 0 unspecified atom stereocenters. The number of carbonyl (C=O) groups is 1. The summed E-state index contributed by atoms with van der Waals surface area (Å²) in [5.41, 5.74) is 1.08. The fourth-order valence-electron chi connectivity index (χ4n) is 1.65. The van der Waals surface area contributed by atoms with Crippen LogP contribution in [0.1, 0.15) is 50.0 Å². The van der Waals surface area contributed by atoms with Crippen molar-refractivity contribution < 1.29 is 9.18 Å². The third kappa shape index (κ3) is 4.47. The Kier molecular flexibility index (Phi) is 8.01. The average Bonchev–Trinajstić information content (AvgIpc) is 2.40. The maximum Gasteiger partial charge on any atom is 0.256 e. The molecule has 1 aromatic carbocycles. The molecule has 1 rings (SSSR count). The normalized spacial score (nSPS) is 9.44. The van der Waals surface area contributed by atoms with Crippen molar-refractivity contribution >= 4 is 5.91 Å². The van der Waals surface area contributed by atoms with Gasteiger partial charge < -0.3 is 4.90 Å². The number of rotatable bonds is 4. The first-order chi connectivity index (χ1) is 8.60. The SMILES string of the molecule is CC.CCCN(CC)C(=O)c1cc(C)ccc1F. The topological polar surface area (TPSA) is 20.3 Å². The standard InChI is InChI=1S/C13H18FNO.C2H6/c1-4-8-15(5-2)13(16)11-9-10(3)6-7-12(11)14;1-2/h6-7,9H,4-5,8H2,1-3H3;1-2H3. The number of amides is 1. The van der Waals surface area contributed by atoms with Gasteiger partial charge in [-0.05, 0) is 32.4 Å². The zero-order valence-electron chi connectivity index (χ0n) is 12.1. The van der Waals surface area contributed by atoms with Gasteiger partial charge in [-0.15, -0.1) is 0 Å². The van der Waals surface area contributed by atoms with Crippen LogP contribution in [0.25, 0.3) is 0 Å². The van der Waals surface area contributed by atoms with E-state index in [1.807, 2.05) is 34.6 Å². The Morgan fingerprint density at radius 1 is 1.28 bits per heavy atom. The van der Waals surface area contributed by atoms with E-state index in [9.17, 15) is 9.18 Å². The highest BCUT2D eigenvalue weighted by atomic mass is 19.1. The molecule has 102 valence electrons. The van der Waals surface area contributed by atoms with Gasteiger partial charge in [0.05, 0.1) is 5.56 Å². The van der Waals surface area contributed by atoms with Crippen LogP contribution in [0.15, 0.2) is 18.2 Å². The molecule has 0 fully saturated rings. The molecule has 0 radical (unpaired) electrons. The Bertz CT molecular complexity index is 377. The summed E-state index contributed by atoms with van der Waals surface area (Å²) in [6, 6.07) is 4.63. The van der Waals surface area contributed by atoms with Crippen molar-refractivity contribution in [2.75, 3.05) is 13.1 Å². The van der Waals surface area contributed by atoms with E-state index < -0.39 is 5.82 Å². The molecular weight excluding hydrogens is 229 g/mol. The molecule has 0 aliphatic heterocycles. The Labute approximate surface area is 110 Å². The van der Waals surface area contributed by atoms with Crippen molar-refractivity contribution in [3.63, 3.8) is 0 Å². The zero-order chi connectivity index (χ0) is 14.1. The molecule has 18 heavy (non-hydrogen) atoms. The van der Waals surface area contributed by atoms with Crippen LogP contribution >= 0.6 is 0 Å².